The second-order valence-electron chi connectivity index (χ2n) is 1.94. The van der Waals surface area contributed by atoms with Crippen LogP contribution in [-0.4, -0.2) is 16.8 Å². The van der Waals surface area contributed by atoms with Crippen molar-refractivity contribution < 1.29 is 9.90 Å². The third kappa shape index (κ3) is 3.52. The summed E-state index contributed by atoms with van der Waals surface area (Å²) < 4.78 is 0. The van der Waals surface area contributed by atoms with E-state index in [1.54, 1.807) is 5.48 Å². The van der Waals surface area contributed by atoms with Crippen LogP contribution in [0.3, 0.4) is 0 Å². The Morgan fingerprint density at radius 1 is 1.75 bits per heavy atom. The molecule has 0 aromatic carbocycles. The van der Waals surface area contributed by atoms with Gasteiger partial charge in [-0.25, -0.2) is 9.79 Å². The van der Waals surface area contributed by atoms with Crippen LogP contribution >= 0.6 is 0 Å². The highest BCUT2D eigenvalue weighted by molar-refractivity contribution is 6.40. The summed E-state index contributed by atoms with van der Waals surface area (Å²) in [5, 5.41) is 18.4. The average Bonchev–Trinajstić information content (AvgIpc) is 2.04. The van der Waals surface area contributed by atoms with E-state index in [9.17, 15) is 10.0 Å². The van der Waals surface area contributed by atoms with E-state index in [-0.39, 0.29) is 11.4 Å². The van der Waals surface area contributed by atoms with Crippen molar-refractivity contribution in [2.24, 2.45) is 4.99 Å². The van der Waals surface area contributed by atoms with E-state index >= 15 is 0 Å². The molecule has 0 rings (SSSR count). The zero-order valence-corrected chi connectivity index (χ0v) is 6.57. The predicted octanol–water partition coefficient (Wildman–Crippen LogP) is 0.647. The van der Waals surface area contributed by atoms with Gasteiger partial charge in [0.05, 0.1) is 0 Å². The van der Waals surface area contributed by atoms with Crippen molar-refractivity contribution in [3.05, 3.63) is 29.8 Å². The first kappa shape index (κ1) is 10.4. The molecular formula is C7H9N2O3-. The number of allylic oxidation sites excluding steroid dienone is 1. The van der Waals surface area contributed by atoms with Crippen LogP contribution in [0, 0.1) is 5.21 Å². The fraction of sp³-hybridized carbons (Fsp3) is 0.143. The zero-order valence-electron chi connectivity index (χ0n) is 6.57. The van der Waals surface area contributed by atoms with Gasteiger partial charge in [-0.1, -0.05) is 6.58 Å². The molecule has 0 heterocycles. The molecule has 0 unspecified atom stereocenters. The third-order valence-electron chi connectivity index (χ3n) is 0.971. The molecule has 0 spiro atoms. The van der Waals surface area contributed by atoms with Crippen LogP contribution in [-0.2, 0) is 4.79 Å². The normalized spacial score (nSPS) is 12.5. The summed E-state index contributed by atoms with van der Waals surface area (Å²) in [4.78, 5) is 13.8. The van der Waals surface area contributed by atoms with Gasteiger partial charge in [-0.05, 0) is 13.0 Å². The number of hydrogen-bond acceptors (Lipinski definition) is 4. The van der Waals surface area contributed by atoms with Crippen molar-refractivity contribution in [1.82, 2.24) is 5.48 Å². The van der Waals surface area contributed by atoms with Crippen molar-refractivity contribution in [3.8, 4) is 0 Å². The fourth-order valence-electron chi connectivity index (χ4n) is 0.388. The van der Waals surface area contributed by atoms with Crippen LogP contribution in [0.2, 0.25) is 0 Å². The Hall–Kier alpha value is -1.62. The molecule has 2 N–H and O–H groups in total. The monoisotopic (exact) mass is 169 g/mol. The number of aliphatic imine (C=N–C) groups is 1. The second-order valence-corrected chi connectivity index (χ2v) is 1.94. The van der Waals surface area contributed by atoms with Gasteiger partial charge in [0.2, 0.25) is 0 Å². The molecule has 0 aliphatic heterocycles. The van der Waals surface area contributed by atoms with Gasteiger partial charge in [-0.15, -0.1) is 0 Å². The summed E-state index contributed by atoms with van der Waals surface area (Å²) in [7, 11) is 0. The summed E-state index contributed by atoms with van der Waals surface area (Å²) in [6.45, 7) is 4.72. The predicted molar refractivity (Wildman–Crippen MR) is 45.5 cm³/mol. The largest absolute Gasteiger partial charge is 0.761 e. The van der Waals surface area contributed by atoms with Gasteiger partial charge in [0, 0.05) is 11.9 Å². The molecular weight excluding hydrogens is 160 g/mol. The van der Waals surface area contributed by atoms with Gasteiger partial charge in [-0.2, -0.15) is 0 Å². The van der Waals surface area contributed by atoms with E-state index in [1.165, 1.54) is 6.92 Å². The zero-order chi connectivity index (χ0) is 9.56. The molecule has 0 aromatic heterocycles. The number of carboxylic acids is 1. The van der Waals surface area contributed by atoms with Crippen molar-refractivity contribution in [2.75, 3.05) is 0 Å². The number of nitrogens with zero attached hydrogens (tertiary/aromatic N) is 1. The fourth-order valence-corrected chi connectivity index (χ4v) is 0.388. The highest BCUT2D eigenvalue weighted by Crippen LogP contribution is 1.88. The minimum atomic E-state index is -1.18. The van der Waals surface area contributed by atoms with Crippen LogP contribution in [0.25, 0.3) is 0 Å². The molecule has 0 atom stereocenters. The molecule has 0 aliphatic carbocycles. The Bertz CT molecular complexity index is 243. The highest BCUT2D eigenvalue weighted by Gasteiger charge is 2.01. The first-order chi connectivity index (χ1) is 5.61. The maximum absolute atomic E-state index is 10.3. The molecule has 0 fully saturated rings. The summed E-state index contributed by atoms with van der Waals surface area (Å²) in [5.41, 5.74) is 1.59. The summed E-state index contributed by atoms with van der Waals surface area (Å²) >= 11 is 0. The molecule has 5 nitrogen and oxygen atoms in total. The number of hydroxylamine groups is 1. The average molecular weight is 169 g/mol. The lowest BCUT2D eigenvalue weighted by atomic mass is 10.4. The van der Waals surface area contributed by atoms with Crippen LogP contribution in [0.1, 0.15) is 6.92 Å². The molecule has 0 bridgehead atoms. The van der Waals surface area contributed by atoms with Crippen molar-refractivity contribution in [3.63, 3.8) is 0 Å². The van der Waals surface area contributed by atoms with Crippen LogP contribution in [0.15, 0.2) is 29.5 Å². The first-order valence-electron chi connectivity index (χ1n) is 3.10. The maximum atomic E-state index is 10.3. The van der Waals surface area contributed by atoms with E-state index in [4.69, 9.17) is 5.11 Å². The first-order valence-corrected chi connectivity index (χ1v) is 3.10. The minimum Gasteiger partial charge on any atom is -0.761 e. The van der Waals surface area contributed by atoms with Gasteiger partial charge in [0.25, 0.3) is 0 Å². The Kier molecular flexibility index (Phi) is 4.40. The number of nitrogens with one attached hydrogen (secondary N) is 1. The number of aliphatic carboxylic acids is 1. The van der Waals surface area contributed by atoms with Gasteiger partial charge in [0.1, 0.15) is 5.71 Å². The van der Waals surface area contributed by atoms with Crippen molar-refractivity contribution in [2.45, 2.75) is 6.92 Å². The summed E-state index contributed by atoms with van der Waals surface area (Å²) in [6, 6.07) is 0. The second kappa shape index (κ2) is 5.09. The molecule has 66 valence electrons. The van der Waals surface area contributed by atoms with Crippen LogP contribution in [0.5, 0.6) is 0 Å². The summed E-state index contributed by atoms with van der Waals surface area (Å²) in [6.07, 6.45) is 2.22. The number of carboxylic acid groups (broad SMARTS) is 1. The molecule has 0 saturated carbocycles. The highest BCUT2D eigenvalue weighted by atomic mass is 16.5. The Morgan fingerprint density at radius 2 is 2.33 bits per heavy atom. The summed E-state index contributed by atoms with van der Waals surface area (Å²) in [5.74, 6) is -1.18. The van der Waals surface area contributed by atoms with E-state index in [0.29, 0.717) is 0 Å². The van der Waals surface area contributed by atoms with Crippen LogP contribution in [0.4, 0.5) is 0 Å². The lowest BCUT2D eigenvalue weighted by Crippen LogP contribution is -2.09. The molecule has 5 heteroatoms. The lowest BCUT2D eigenvalue weighted by molar-refractivity contribution is -0.129. The van der Waals surface area contributed by atoms with E-state index < -0.39 is 5.97 Å². The van der Waals surface area contributed by atoms with Crippen LogP contribution < -0.4 is 5.48 Å². The van der Waals surface area contributed by atoms with Gasteiger partial charge < -0.3 is 15.8 Å². The van der Waals surface area contributed by atoms with E-state index in [2.05, 4.69) is 11.6 Å². The van der Waals surface area contributed by atoms with E-state index in [1.807, 2.05) is 0 Å². The molecule has 0 aliphatic rings. The standard InChI is InChI=1S/C7H9N2O3/c1-3-6(7(10)11)8-4-5(2)9-12/h3-4,9H,1H2,2H3,(H,10,11)/q-1/b5-4-,8-6?. The molecule has 12 heavy (non-hydrogen) atoms. The molecule has 0 aromatic rings. The molecule has 0 radical (unpaired) electrons. The molecule has 0 saturated heterocycles. The van der Waals surface area contributed by atoms with Crippen molar-refractivity contribution >= 4 is 11.7 Å². The molecule has 0 amide bonds. The lowest BCUT2D eigenvalue weighted by Gasteiger charge is -2.06. The Morgan fingerprint density at radius 3 is 2.67 bits per heavy atom. The van der Waals surface area contributed by atoms with Gasteiger partial charge >= 0.3 is 5.97 Å². The Balaban J connectivity index is 4.51. The number of hydrogen-bond donors (Lipinski definition) is 2. The van der Waals surface area contributed by atoms with E-state index in [0.717, 1.165) is 12.3 Å². The van der Waals surface area contributed by atoms with Gasteiger partial charge in [0.15, 0.2) is 0 Å². The van der Waals surface area contributed by atoms with Crippen molar-refractivity contribution in [1.29, 1.82) is 0 Å². The minimum absolute atomic E-state index is 0.204. The quantitative estimate of drug-likeness (QED) is 0.478. The van der Waals surface area contributed by atoms with Gasteiger partial charge in [-0.3, -0.25) is 0 Å². The number of rotatable bonds is 4. The third-order valence-corrected chi connectivity index (χ3v) is 0.971. The number of carbonyl (C=O) groups is 1. The Labute approximate surface area is 69.7 Å². The smallest absolute Gasteiger partial charge is 0.354 e. The maximum Gasteiger partial charge on any atom is 0.354 e. The topological polar surface area (TPSA) is 84.8 Å². The SMILES string of the molecule is C=CC(=N/C=C(/C)N[O-])C(=O)O.